The molecule has 2 aromatic carbocycles. The lowest BCUT2D eigenvalue weighted by Gasteiger charge is -2.34. The number of rotatable bonds is 4. The lowest BCUT2D eigenvalue weighted by atomic mass is 9.77. The first-order valence-electron chi connectivity index (χ1n) is 10.7. The van der Waals surface area contributed by atoms with E-state index in [1.807, 2.05) is 6.07 Å². The average Bonchev–Trinajstić information content (AvgIpc) is 3.18. The number of anilines is 1. The van der Waals surface area contributed by atoms with Crippen molar-refractivity contribution >= 4 is 35.2 Å². The molecule has 0 aromatic heterocycles. The summed E-state index contributed by atoms with van der Waals surface area (Å²) in [5.74, 6) is -1.17. The summed E-state index contributed by atoms with van der Waals surface area (Å²) >= 11 is 6.14. The molecule has 8 nitrogen and oxygen atoms in total. The van der Waals surface area contributed by atoms with Crippen LogP contribution >= 0.6 is 11.6 Å². The second kappa shape index (κ2) is 7.66. The standard InChI is InChI=1S/C24H23ClN2O6/c1-4-32-21(28)19-17-12-33-18-11-15(31-3)8-9-16(18)20(17)27-23(30)26(22(29)24(19,27)2)14-7-5-6-13(25)10-14/h5-11,17,19-20H,4,12H2,1-3H3/t17-,19-,20+,24-/m1/s1. The predicted octanol–water partition coefficient (Wildman–Crippen LogP) is 3.82. The Morgan fingerprint density at radius 2 is 2.03 bits per heavy atom. The SMILES string of the molecule is CCOC(=O)[C@H]1[C@H]2COc3cc(OC)ccc3[C@@H]2N2C(=O)N(c3cccc(Cl)c3)C(=O)[C@@]12C. The highest BCUT2D eigenvalue weighted by Crippen LogP contribution is 2.58. The number of imide groups is 1. The molecule has 4 atom stereocenters. The molecule has 172 valence electrons. The molecule has 0 saturated carbocycles. The quantitative estimate of drug-likeness (QED) is 0.499. The van der Waals surface area contributed by atoms with Crippen LogP contribution in [0.5, 0.6) is 11.5 Å². The van der Waals surface area contributed by atoms with Gasteiger partial charge in [0.2, 0.25) is 0 Å². The Hall–Kier alpha value is -3.26. The van der Waals surface area contributed by atoms with E-state index in [9.17, 15) is 14.4 Å². The first-order chi connectivity index (χ1) is 15.8. The second-order valence-corrected chi connectivity index (χ2v) is 8.91. The third kappa shape index (κ3) is 2.93. The van der Waals surface area contributed by atoms with Crippen molar-refractivity contribution in [2.24, 2.45) is 11.8 Å². The number of carbonyl (C=O) groups excluding carboxylic acids is 3. The largest absolute Gasteiger partial charge is 0.497 e. The maximum Gasteiger partial charge on any atom is 0.332 e. The second-order valence-electron chi connectivity index (χ2n) is 8.47. The highest BCUT2D eigenvalue weighted by atomic mass is 35.5. The number of nitrogens with zero attached hydrogens (tertiary/aromatic N) is 2. The Morgan fingerprint density at radius 3 is 2.73 bits per heavy atom. The predicted molar refractivity (Wildman–Crippen MR) is 119 cm³/mol. The molecule has 33 heavy (non-hydrogen) atoms. The fourth-order valence-electron chi connectivity index (χ4n) is 5.44. The van der Waals surface area contributed by atoms with Gasteiger partial charge in [0.15, 0.2) is 0 Å². The van der Waals surface area contributed by atoms with E-state index in [0.29, 0.717) is 22.2 Å². The highest BCUT2D eigenvalue weighted by Gasteiger charge is 2.72. The normalized spacial score (nSPS) is 27.6. The summed E-state index contributed by atoms with van der Waals surface area (Å²) in [6.45, 7) is 3.68. The van der Waals surface area contributed by atoms with Gasteiger partial charge in [0, 0.05) is 22.6 Å². The molecule has 0 radical (unpaired) electrons. The van der Waals surface area contributed by atoms with Crippen LogP contribution < -0.4 is 14.4 Å². The zero-order chi connectivity index (χ0) is 23.5. The van der Waals surface area contributed by atoms with E-state index in [2.05, 4.69) is 0 Å². The number of hydrogen-bond acceptors (Lipinski definition) is 6. The molecule has 9 heteroatoms. The van der Waals surface area contributed by atoms with Gasteiger partial charge in [-0.1, -0.05) is 17.7 Å². The summed E-state index contributed by atoms with van der Waals surface area (Å²) in [7, 11) is 1.56. The van der Waals surface area contributed by atoms with E-state index in [1.165, 1.54) is 4.90 Å². The van der Waals surface area contributed by atoms with Crippen LogP contribution in [-0.2, 0) is 14.3 Å². The van der Waals surface area contributed by atoms with Crippen molar-refractivity contribution in [2.75, 3.05) is 25.2 Å². The van der Waals surface area contributed by atoms with Crippen molar-refractivity contribution < 1.29 is 28.6 Å². The first-order valence-corrected chi connectivity index (χ1v) is 11.1. The molecule has 0 aliphatic carbocycles. The molecule has 2 aromatic rings. The van der Waals surface area contributed by atoms with Crippen LogP contribution in [0, 0.1) is 11.8 Å². The van der Waals surface area contributed by atoms with Gasteiger partial charge in [-0.25, -0.2) is 9.69 Å². The van der Waals surface area contributed by atoms with Crippen molar-refractivity contribution in [3.63, 3.8) is 0 Å². The van der Waals surface area contributed by atoms with Crippen LogP contribution in [0.25, 0.3) is 0 Å². The number of hydrogen-bond donors (Lipinski definition) is 0. The highest BCUT2D eigenvalue weighted by molar-refractivity contribution is 6.31. The van der Waals surface area contributed by atoms with E-state index in [-0.39, 0.29) is 13.2 Å². The zero-order valence-corrected chi connectivity index (χ0v) is 19.2. The molecule has 3 amide bonds. The van der Waals surface area contributed by atoms with Gasteiger partial charge in [-0.3, -0.25) is 9.59 Å². The molecule has 3 aliphatic rings. The smallest absolute Gasteiger partial charge is 0.332 e. The van der Waals surface area contributed by atoms with Gasteiger partial charge in [-0.15, -0.1) is 0 Å². The summed E-state index contributed by atoms with van der Waals surface area (Å²) in [5, 5.41) is 0.397. The fraction of sp³-hybridized carbons (Fsp3) is 0.375. The average molecular weight is 471 g/mol. The van der Waals surface area contributed by atoms with Crippen LogP contribution in [0.1, 0.15) is 25.5 Å². The molecular formula is C24H23ClN2O6. The van der Waals surface area contributed by atoms with Gasteiger partial charge in [0.1, 0.15) is 17.0 Å². The van der Waals surface area contributed by atoms with Crippen LogP contribution in [0.2, 0.25) is 5.02 Å². The lowest BCUT2D eigenvalue weighted by molar-refractivity contribution is -0.154. The van der Waals surface area contributed by atoms with E-state index >= 15 is 0 Å². The summed E-state index contributed by atoms with van der Waals surface area (Å²) in [4.78, 5) is 43.5. The van der Waals surface area contributed by atoms with Gasteiger partial charge >= 0.3 is 12.0 Å². The van der Waals surface area contributed by atoms with Crippen LogP contribution in [-0.4, -0.2) is 48.7 Å². The van der Waals surface area contributed by atoms with Gasteiger partial charge in [0.25, 0.3) is 5.91 Å². The zero-order valence-electron chi connectivity index (χ0n) is 18.4. The number of fused-ring (bicyclic) bond motifs is 5. The number of urea groups is 1. The number of halogens is 1. The van der Waals surface area contributed by atoms with Crippen molar-refractivity contribution in [1.82, 2.24) is 4.90 Å². The number of amides is 3. The molecule has 0 N–H and O–H groups in total. The lowest BCUT2D eigenvalue weighted by Crippen LogP contribution is -2.51. The maximum absolute atomic E-state index is 13.9. The Bertz CT molecular complexity index is 1170. The Balaban J connectivity index is 1.68. The van der Waals surface area contributed by atoms with Crippen LogP contribution in [0.15, 0.2) is 42.5 Å². The van der Waals surface area contributed by atoms with Crippen molar-refractivity contribution in [3.05, 3.63) is 53.1 Å². The first kappa shape index (κ1) is 21.6. The molecule has 0 spiro atoms. The molecular weight excluding hydrogens is 448 g/mol. The Kier molecular flexibility index (Phi) is 5.01. The van der Waals surface area contributed by atoms with E-state index in [4.69, 9.17) is 25.8 Å². The van der Waals surface area contributed by atoms with Gasteiger partial charge in [0.05, 0.1) is 38.0 Å². The summed E-state index contributed by atoms with van der Waals surface area (Å²) in [5.41, 5.74) is -0.361. The molecule has 0 bridgehead atoms. The monoisotopic (exact) mass is 470 g/mol. The van der Waals surface area contributed by atoms with Crippen LogP contribution in [0.3, 0.4) is 0 Å². The molecule has 3 aliphatic heterocycles. The number of ether oxygens (including phenoxy) is 3. The third-order valence-corrected chi connectivity index (χ3v) is 7.06. The maximum atomic E-state index is 13.9. The topological polar surface area (TPSA) is 85.4 Å². The van der Waals surface area contributed by atoms with Crippen molar-refractivity contribution in [2.45, 2.75) is 25.4 Å². The van der Waals surface area contributed by atoms with E-state index in [1.54, 1.807) is 57.4 Å². The fourth-order valence-corrected chi connectivity index (χ4v) is 5.62. The van der Waals surface area contributed by atoms with Crippen molar-refractivity contribution in [1.29, 1.82) is 0 Å². The summed E-state index contributed by atoms with van der Waals surface area (Å²) in [6, 6.07) is 10.8. The van der Waals surface area contributed by atoms with Gasteiger partial charge in [-0.2, -0.15) is 0 Å². The number of carbonyl (C=O) groups is 3. The number of methoxy groups -OCH3 is 1. The third-order valence-electron chi connectivity index (χ3n) is 6.83. The Morgan fingerprint density at radius 1 is 1.24 bits per heavy atom. The number of benzene rings is 2. The molecule has 2 saturated heterocycles. The van der Waals surface area contributed by atoms with Gasteiger partial charge < -0.3 is 19.1 Å². The summed E-state index contributed by atoms with van der Waals surface area (Å²) in [6.07, 6.45) is 0. The number of esters is 1. The van der Waals surface area contributed by atoms with Gasteiger partial charge in [-0.05, 0) is 44.2 Å². The minimum Gasteiger partial charge on any atom is -0.497 e. The van der Waals surface area contributed by atoms with Crippen molar-refractivity contribution in [3.8, 4) is 11.5 Å². The van der Waals surface area contributed by atoms with Crippen LogP contribution in [0.4, 0.5) is 10.5 Å². The van der Waals surface area contributed by atoms with E-state index < -0.39 is 41.3 Å². The minimum atomic E-state index is -1.44. The minimum absolute atomic E-state index is 0.164. The summed E-state index contributed by atoms with van der Waals surface area (Å²) < 4.78 is 16.7. The molecule has 0 unspecified atom stereocenters. The molecule has 5 rings (SSSR count). The van der Waals surface area contributed by atoms with E-state index in [0.717, 1.165) is 10.5 Å². The Labute approximate surface area is 195 Å². The molecule has 3 heterocycles. The molecule has 2 fully saturated rings.